The smallest absolute Gasteiger partial charge is 0.234 e. The van der Waals surface area contributed by atoms with Gasteiger partial charge in [-0.2, -0.15) is 0 Å². The number of rotatable bonds is 7. The van der Waals surface area contributed by atoms with Gasteiger partial charge in [0.05, 0.1) is 13.1 Å². The maximum atomic E-state index is 13.5. The molecule has 2 rings (SSSR count). The summed E-state index contributed by atoms with van der Waals surface area (Å²) >= 11 is 0. The van der Waals surface area contributed by atoms with Crippen molar-refractivity contribution >= 4 is 5.91 Å². The first-order chi connectivity index (χ1) is 11.0. The number of hydrogen-bond acceptors (Lipinski definition) is 3. The molecular formula is C18H23FN2O2. The van der Waals surface area contributed by atoms with E-state index < -0.39 is 0 Å². The molecule has 1 N–H and O–H groups in total. The number of aryl methyl sites for hydroxylation is 1. The number of carbonyl (C=O) groups excluding carboxylic acids is 1. The van der Waals surface area contributed by atoms with Crippen LogP contribution in [0.15, 0.2) is 40.8 Å². The molecule has 1 amide bonds. The Morgan fingerprint density at radius 1 is 1.26 bits per heavy atom. The Hall–Kier alpha value is -2.14. The second-order valence-corrected chi connectivity index (χ2v) is 5.88. The Morgan fingerprint density at radius 3 is 2.61 bits per heavy atom. The molecule has 0 aliphatic rings. The number of halogens is 1. The van der Waals surface area contributed by atoms with E-state index >= 15 is 0 Å². The van der Waals surface area contributed by atoms with E-state index in [1.807, 2.05) is 37.8 Å². The van der Waals surface area contributed by atoms with Gasteiger partial charge in [0.25, 0.3) is 0 Å². The van der Waals surface area contributed by atoms with E-state index in [0.29, 0.717) is 12.1 Å². The van der Waals surface area contributed by atoms with Gasteiger partial charge in [-0.1, -0.05) is 18.2 Å². The van der Waals surface area contributed by atoms with Gasteiger partial charge in [0.15, 0.2) is 0 Å². The zero-order valence-electron chi connectivity index (χ0n) is 13.8. The number of nitrogens with one attached hydrogen (secondary N) is 1. The summed E-state index contributed by atoms with van der Waals surface area (Å²) in [6.45, 7) is 6.95. The molecule has 0 saturated carbocycles. The van der Waals surface area contributed by atoms with Gasteiger partial charge in [0, 0.05) is 18.2 Å². The average Bonchev–Trinajstić information content (AvgIpc) is 2.91. The number of amides is 1. The molecular weight excluding hydrogens is 295 g/mol. The third-order valence-corrected chi connectivity index (χ3v) is 3.67. The van der Waals surface area contributed by atoms with E-state index in [1.54, 1.807) is 18.2 Å². The standard InChI is InChI=1S/C18H23FN2O2/c1-13(2)21(11-16-9-8-14(3)23-16)12-18(22)20-10-15-6-4-5-7-17(15)19/h4-9,13H,10-12H2,1-3H3,(H,20,22). The van der Waals surface area contributed by atoms with Crippen LogP contribution in [0.2, 0.25) is 0 Å². The zero-order chi connectivity index (χ0) is 16.8. The first kappa shape index (κ1) is 17.2. The summed E-state index contributed by atoms with van der Waals surface area (Å²) in [5.74, 6) is 1.25. The average molecular weight is 318 g/mol. The summed E-state index contributed by atoms with van der Waals surface area (Å²) in [5, 5.41) is 2.76. The van der Waals surface area contributed by atoms with E-state index in [1.165, 1.54) is 6.07 Å². The molecule has 0 aliphatic heterocycles. The van der Waals surface area contributed by atoms with Crippen molar-refractivity contribution in [2.45, 2.75) is 39.9 Å². The predicted octanol–water partition coefficient (Wildman–Crippen LogP) is 3.25. The molecule has 1 aromatic carbocycles. The van der Waals surface area contributed by atoms with Crippen molar-refractivity contribution in [3.05, 3.63) is 59.3 Å². The molecule has 1 heterocycles. The molecule has 0 bridgehead atoms. The number of furan rings is 1. The number of hydrogen-bond donors (Lipinski definition) is 1. The van der Waals surface area contributed by atoms with Crippen molar-refractivity contribution in [3.63, 3.8) is 0 Å². The Bertz CT molecular complexity index is 652. The second-order valence-electron chi connectivity index (χ2n) is 5.88. The third kappa shape index (κ3) is 5.21. The lowest BCUT2D eigenvalue weighted by Gasteiger charge is -2.24. The summed E-state index contributed by atoms with van der Waals surface area (Å²) in [5.41, 5.74) is 0.485. The Kier molecular flexibility index (Phi) is 5.93. The highest BCUT2D eigenvalue weighted by Gasteiger charge is 2.16. The minimum atomic E-state index is -0.306. The lowest BCUT2D eigenvalue weighted by molar-refractivity contribution is -0.123. The topological polar surface area (TPSA) is 45.5 Å². The lowest BCUT2D eigenvalue weighted by atomic mass is 10.2. The molecule has 0 saturated heterocycles. The second kappa shape index (κ2) is 7.92. The van der Waals surface area contributed by atoms with Crippen LogP contribution in [0.3, 0.4) is 0 Å². The quantitative estimate of drug-likeness (QED) is 0.852. The van der Waals surface area contributed by atoms with Crippen LogP contribution in [0.4, 0.5) is 4.39 Å². The minimum absolute atomic E-state index is 0.134. The maximum absolute atomic E-state index is 13.5. The number of carbonyl (C=O) groups is 1. The largest absolute Gasteiger partial charge is 0.465 e. The summed E-state index contributed by atoms with van der Waals surface area (Å²) < 4.78 is 19.1. The van der Waals surface area contributed by atoms with Crippen molar-refractivity contribution < 1.29 is 13.6 Å². The third-order valence-electron chi connectivity index (χ3n) is 3.67. The van der Waals surface area contributed by atoms with Crippen LogP contribution >= 0.6 is 0 Å². The van der Waals surface area contributed by atoms with Crippen molar-refractivity contribution in [1.29, 1.82) is 0 Å². The van der Waals surface area contributed by atoms with E-state index in [9.17, 15) is 9.18 Å². The summed E-state index contributed by atoms with van der Waals surface area (Å²) in [4.78, 5) is 14.1. The van der Waals surface area contributed by atoms with Crippen molar-refractivity contribution in [2.75, 3.05) is 6.54 Å². The van der Waals surface area contributed by atoms with Crippen LogP contribution in [0.5, 0.6) is 0 Å². The summed E-state index contributed by atoms with van der Waals surface area (Å²) in [6, 6.07) is 10.5. The first-order valence-electron chi connectivity index (χ1n) is 7.75. The molecule has 23 heavy (non-hydrogen) atoms. The van der Waals surface area contributed by atoms with Gasteiger partial charge >= 0.3 is 0 Å². The van der Waals surface area contributed by atoms with Crippen molar-refractivity contribution in [1.82, 2.24) is 10.2 Å². The fourth-order valence-corrected chi connectivity index (χ4v) is 2.27. The lowest BCUT2D eigenvalue weighted by Crippen LogP contribution is -2.40. The Morgan fingerprint density at radius 2 is 2.00 bits per heavy atom. The predicted molar refractivity (Wildman–Crippen MR) is 87.2 cm³/mol. The summed E-state index contributed by atoms with van der Waals surface area (Å²) in [7, 11) is 0. The SMILES string of the molecule is Cc1ccc(CN(CC(=O)NCc2ccccc2F)C(C)C)o1. The molecule has 0 radical (unpaired) electrons. The first-order valence-corrected chi connectivity index (χ1v) is 7.75. The van der Waals surface area contributed by atoms with E-state index in [0.717, 1.165) is 11.5 Å². The molecule has 0 fully saturated rings. The van der Waals surface area contributed by atoms with E-state index in [4.69, 9.17) is 4.42 Å². The Balaban J connectivity index is 1.89. The van der Waals surface area contributed by atoms with E-state index in [-0.39, 0.29) is 30.9 Å². The molecule has 0 aliphatic carbocycles. The summed E-state index contributed by atoms with van der Waals surface area (Å²) in [6.07, 6.45) is 0. The monoisotopic (exact) mass is 318 g/mol. The number of benzene rings is 1. The van der Waals surface area contributed by atoms with Gasteiger partial charge in [-0.3, -0.25) is 9.69 Å². The molecule has 4 nitrogen and oxygen atoms in total. The molecule has 1 aromatic heterocycles. The maximum Gasteiger partial charge on any atom is 0.234 e. The van der Waals surface area contributed by atoms with Gasteiger partial charge in [-0.25, -0.2) is 4.39 Å². The van der Waals surface area contributed by atoms with Gasteiger partial charge in [0.1, 0.15) is 17.3 Å². The number of nitrogens with zero attached hydrogens (tertiary/aromatic N) is 1. The van der Waals surface area contributed by atoms with Crippen LogP contribution in [0.25, 0.3) is 0 Å². The fourth-order valence-electron chi connectivity index (χ4n) is 2.27. The van der Waals surface area contributed by atoms with Gasteiger partial charge in [0.2, 0.25) is 5.91 Å². The minimum Gasteiger partial charge on any atom is -0.465 e. The van der Waals surface area contributed by atoms with Crippen molar-refractivity contribution in [3.8, 4) is 0 Å². The Labute approximate surface area is 136 Å². The molecule has 5 heteroatoms. The van der Waals surface area contributed by atoms with Crippen LogP contribution in [0, 0.1) is 12.7 Å². The van der Waals surface area contributed by atoms with Crippen LogP contribution in [-0.4, -0.2) is 23.4 Å². The normalized spacial score (nSPS) is 11.2. The van der Waals surface area contributed by atoms with Crippen LogP contribution in [-0.2, 0) is 17.9 Å². The van der Waals surface area contributed by atoms with Gasteiger partial charge < -0.3 is 9.73 Å². The highest BCUT2D eigenvalue weighted by atomic mass is 19.1. The molecule has 2 aromatic rings. The molecule has 0 atom stereocenters. The highest BCUT2D eigenvalue weighted by Crippen LogP contribution is 2.12. The van der Waals surface area contributed by atoms with Crippen molar-refractivity contribution in [2.24, 2.45) is 0 Å². The van der Waals surface area contributed by atoms with Gasteiger partial charge in [-0.05, 0) is 39.0 Å². The zero-order valence-corrected chi connectivity index (χ0v) is 13.8. The van der Waals surface area contributed by atoms with Crippen LogP contribution < -0.4 is 5.32 Å². The fraction of sp³-hybridized carbons (Fsp3) is 0.389. The highest BCUT2D eigenvalue weighted by molar-refractivity contribution is 5.78. The van der Waals surface area contributed by atoms with E-state index in [2.05, 4.69) is 5.32 Å². The van der Waals surface area contributed by atoms with Crippen LogP contribution in [0.1, 0.15) is 30.9 Å². The molecule has 0 unspecified atom stereocenters. The molecule has 0 spiro atoms. The van der Waals surface area contributed by atoms with Gasteiger partial charge in [-0.15, -0.1) is 0 Å². The molecule has 124 valence electrons.